The third-order valence-electron chi connectivity index (χ3n) is 2.22. The van der Waals surface area contributed by atoms with Gasteiger partial charge < -0.3 is 10.6 Å². The lowest BCUT2D eigenvalue weighted by molar-refractivity contribution is 0.683. The first-order valence-corrected chi connectivity index (χ1v) is 7.60. The molecule has 0 aliphatic heterocycles. The predicted octanol–water partition coefficient (Wildman–Crippen LogP) is 2.08. The maximum Gasteiger partial charge on any atom is 0.0549 e. The second-order valence-electron chi connectivity index (χ2n) is 4.17. The van der Waals surface area contributed by atoms with Gasteiger partial charge >= 0.3 is 0 Å². The minimum Gasteiger partial charge on any atom is -0.384 e. The number of anilines is 2. The van der Waals surface area contributed by atoms with Gasteiger partial charge in [0.15, 0.2) is 0 Å². The number of pyridine rings is 1. The number of rotatable bonds is 7. The summed E-state index contributed by atoms with van der Waals surface area (Å²) in [5, 5.41) is 6.58. The van der Waals surface area contributed by atoms with Crippen molar-refractivity contribution in [3.8, 4) is 0 Å². The summed E-state index contributed by atoms with van der Waals surface area (Å²) >= 11 is 0. The lowest BCUT2D eigenvalue weighted by atomic mass is 10.3. The van der Waals surface area contributed by atoms with Gasteiger partial charge in [0.2, 0.25) is 0 Å². The molecule has 0 amide bonds. The standard InChI is InChI=1S/C12H21N3OS/c1-4-5-14-11-6-12(8-13-7-11)15-10(2)9-17(3)16/h6-8,10,14-15H,4-5,9H2,1-3H3. The second-order valence-corrected chi connectivity index (χ2v) is 5.65. The molecule has 5 heteroatoms. The monoisotopic (exact) mass is 255 g/mol. The fraction of sp³-hybridized carbons (Fsp3) is 0.583. The quantitative estimate of drug-likeness (QED) is 0.783. The van der Waals surface area contributed by atoms with Crippen LogP contribution in [0.2, 0.25) is 0 Å². The molecule has 1 heterocycles. The van der Waals surface area contributed by atoms with Crippen LogP contribution in [0.5, 0.6) is 0 Å². The molecular weight excluding hydrogens is 234 g/mol. The van der Waals surface area contributed by atoms with E-state index in [2.05, 4.69) is 22.5 Å². The number of aromatic nitrogens is 1. The molecule has 4 nitrogen and oxygen atoms in total. The molecule has 1 rings (SSSR count). The third kappa shape index (κ3) is 5.68. The van der Waals surface area contributed by atoms with Gasteiger partial charge in [0.1, 0.15) is 0 Å². The van der Waals surface area contributed by atoms with Crippen LogP contribution in [0, 0.1) is 0 Å². The van der Waals surface area contributed by atoms with E-state index in [0.29, 0.717) is 5.75 Å². The van der Waals surface area contributed by atoms with Crippen molar-refractivity contribution >= 4 is 22.2 Å². The molecule has 96 valence electrons. The van der Waals surface area contributed by atoms with Gasteiger partial charge in [-0.3, -0.25) is 9.19 Å². The average Bonchev–Trinajstić information content (AvgIpc) is 2.25. The Morgan fingerprint density at radius 1 is 1.41 bits per heavy atom. The molecule has 17 heavy (non-hydrogen) atoms. The van der Waals surface area contributed by atoms with E-state index in [1.165, 1.54) is 0 Å². The summed E-state index contributed by atoms with van der Waals surface area (Å²) in [6, 6.07) is 2.21. The summed E-state index contributed by atoms with van der Waals surface area (Å²) in [4.78, 5) is 4.17. The van der Waals surface area contributed by atoms with Crippen molar-refractivity contribution < 1.29 is 4.21 Å². The molecule has 1 aromatic rings. The van der Waals surface area contributed by atoms with Crippen molar-refractivity contribution in [2.75, 3.05) is 29.2 Å². The highest BCUT2D eigenvalue weighted by Gasteiger charge is 2.04. The molecule has 2 unspecified atom stereocenters. The zero-order chi connectivity index (χ0) is 12.7. The fourth-order valence-electron chi connectivity index (χ4n) is 1.56. The average molecular weight is 255 g/mol. The van der Waals surface area contributed by atoms with E-state index in [-0.39, 0.29) is 6.04 Å². The first-order valence-electron chi connectivity index (χ1n) is 5.87. The highest BCUT2D eigenvalue weighted by molar-refractivity contribution is 7.84. The van der Waals surface area contributed by atoms with Gasteiger partial charge in [-0.2, -0.15) is 0 Å². The van der Waals surface area contributed by atoms with Crippen LogP contribution in [0.15, 0.2) is 18.5 Å². The third-order valence-corrected chi connectivity index (χ3v) is 3.18. The maximum absolute atomic E-state index is 11.1. The van der Waals surface area contributed by atoms with Gasteiger partial charge in [-0.1, -0.05) is 6.92 Å². The highest BCUT2D eigenvalue weighted by Crippen LogP contribution is 2.14. The zero-order valence-corrected chi connectivity index (χ0v) is 11.5. The molecule has 0 fully saturated rings. The Morgan fingerprint density at radius 3 is 2.76 bits per heavy atom. The molecule has 1 aromatic heterocycles. The van der Waals surface area contributed by atoms with Crippen molar-refractivity contribution in [3.63, 3.8) is 0 Å². The summed E-state index contributed by atoms with van der Waals surface area (Å²) in [5.41, 5.74) is 1.98. The lowest BCUT2D eigenvalue weighted by Crippen LogP contribution is -2.22. The van der Waals surface area contributed by atoms with Gasteiger partial charge in [-0.05, 0) is 19.4 Å². The number of nitrogens with one attached hydrogen (secondary N) is 2. The molecule has 2 atom stereocenters. The van der Waals surface area contributed by atoms with E-state index in [1.807, 2.05) is 19.2 Å². The van der Waals surface area contributed by atoms with E-state index in [4.69, 9.17) is 0 Å². The first kappa shape index (κ1) is 14.0. The van der Waals surface area contributed by atoms with E-state index in [0.717, 1.165) is 24.3 Å². The summed E-state index contributed by atoms with van der Waals surface area (Å²) in [6.45, 7) is 5.09. The van der Waals surface area contributed by atoms with E-state index < -0.39 is 10.8 Å². The van der Waals surface area contributed by atoms with Crippen LogP contribution in [-0.2, 0) is 10.8 Å². The van der Waals surface area contributed by atoms with Crippen molar-refractivity contribution in [2.24, 2.45) is 0 Å². The summed E-state index contributed by atoms with van der Waals surface area (Å²) in [5.74, 6) is 0.645. The highest BCUT2D eigenvalue weighted by atomic mass is 32.2. The summed E-state index contributed by atoms with van der Waals surface area (Å²) < 4.78 is 11.1. The van der Waals surface area contributed by atoms with Crippen molar-refractivity contribution in [1.82, 2.24) is 4.98 Å². The van der Waals surface area contributed by atoms with E-state index >= 15 is 0 Å². The van der Waals surface area contributed by atoms with Crippen molar-refractivity contribution in [1.29, 1.82) is 0 Å². The van der Waals surface area contributed by atoms with Crippen LogP contribution in [0.3, 0.4) is 0 Å². The Labute approximate surface area is 106 Å². The van der Waals surface area contributed by atoms with Crippen molar-refractivity contribution in [3.05, 3.63) is 18.5 Å². The van der Waals surface area contributed by atoms with Gasteiger partial charge in [0.25, 0.3) is 0 Å². The molecule has 0 spiro atoms. The van der Waals surface area contributed by atoms with E-state index in [9.17, 15) is 4.21 Å². The van der Waals surface area contributed by atoms with Crippen LogP contribution in [-0.4, -0.2) is 33.8 Å². The number of hydrogen-bond donors (Lipinski definition) is 2. The Kier molecular flexibility index (Phi) is 5.97. The topological polar surface area (TPSA) is 54.0 Å². The van der Waals surface area contributed by atoms with Crippen LogP contribution in [0.25, 0.3) is 0 Å². The van der Waals surface area contributed by atoms with Crippen LogP contribution >= 0.6 is 0 Å². The SMILES string of the molecule is CCCNc1cncc(NC(C)CS(C)=O)c1. The Bertz CT molecular complexity index is 371. The molecule has 0 saturated heterocycles. The number of hydrogen-bond acceptors (Lipinski definition) is 4. The van der Waals surface area contributed by atoms with Crippen LogP contribution < -0.4 is 10.6 Å². The van der Waals surface area contributed by atoms with Gasteiger partial charge in [0.05, 0.1) is 23.8 Å². The zero-order valence-electron chi connectivity index (χ0n) is 10.7. The Morgan fingerprint density at radius 2 is 2.12 bits per heavy atom. The summed E-state index contributed by atoms with van der Waals surface area (Å²) in [6.07, 6.45) is 6.40. The second kappa shape index (κ2) is 7.27. The molecule has 0 radical (unpaired) electrons. The predicted molar refractivity (Wildman–Crippen MR) is 75.0 cm³/mol. The Hall–Kier alpha value is -1.10. The largest absolute Gasteiger partial charge is 0.384 e. The number of nitrogens with zero attached hydrogens (tertiary/aromatic N) is 1. The minimum atomic E-state index is -0.778. The normalized spacial score (nSPS) is 14.1. The van der Waals surface area contributed by atoms with Gasteiger partial charge in [-0.25, -0.2) is 0 Å². The molecule has 0 aliphatic carbocycles. The molecule has 2 N–H and O–H groups in total. The minimum absolute atomic E-state index is 0.184. The molecule has 0 bridgehead atoms. The van der Waals surface area contributed by atoms with Crippen molar-refractivity contribution in [2.45, 2.75) is 26.3 Å². The molecule has 0 saturated carbocycles. The lowest BCUT2D eigenvalue weighted by Gasteiger charge is -2.14. The van der Waals surface area contributed by atoms with Crippen LogP contribution in [0.1, 0.15) is 20.3 Å². The van der Waals surface area contributed by atoms with Crippen LogP contribution in [0.4, 0.5) is 11.4 Å². The fourth-order valence-corrected chi connectivity index (χ4v) is 2.35. The maximum atomic E-state index is 11.1. The van der Waals surface area contributed by atoms with E-state index in [1.54, 1.807) is 12.5 Å². The first-order chi connectivity index (χ1) is 8.11. The summed E-state index contributed by atoms with van der Waals surface area (Å²) in [7, 11) is -0.778. The Balaban J connectivity index is 2.55. The smallest absolute Gasteiger partial charge is 0.0549 e. The van der Waals surface area contributed by atoms with Gasteiger partial charge in [-0.15, -0.1) is 0 Å². The molecule has 0 aromatic carbocycles. The van der Waals surface area contributed by atoms with Gasteiger partial charge in [0, 0.05) is 35.4 Å². The molecule has 0 aliphatic rings. The molecular formula is C12H21N3OS.